The predicted octanol–water partition coefficient (Wildman–Crippen LogP) is 4.67. The molecule has 1 fully saturated rings. The lowest BCUT2D eigenvalue weighted by Gasteiger charge is -2.32. The van der Waals surface area contributed by atoms with Gasteiger partial charge in [0.25, 0.3) is 0 Å². The summed E-state index contributed by atoms with van der Waals surface area (Å²) in [7, 11) is -0.403. The second kappa shape index (κ2) is 7.32. The van der Waals surface area contributed by atoms with E-state index in [9.17, 15) is 4.79 Å². The van der Waals surface area contributed by atoms with Crippen molar-refractivity contribution < 1.29 is 18.8 Å². The fourth-order valence-electron chi connectivity index (χ4n) is 3.72. The molecular weight excluding hydrogens is 411 g/mol. The number of benzene rings is 1. The number of thiazole rings is 1. The Morgan fingerprint density at radius 3 is 2.39 bits per heavy atom. The zero-order valence-electron chi connectivity index (χ0n) is 19.7. The molecule has 31 heavy (non-hydrogen) atoms. The van der Waals surface area contributed by atoms with Crippen molar-refractivity contribution in [2.75, 3.05) is 0 Å². The monoisotopic (exact) mass is 442 g/mol. The first-order chi connectivity index (χ1) is 14.3. The van der Waals surface area contributed by atoms with E-state index in [4.69, 9.17) is 19.0 Å². The fraction of sp³-hybridized carbons (Fsp3) is 0.565. The lowest BCUT2D eigenvalue weighted by Crippen LogP contribution is -2.41. The number of carbonyl (C=O) groups is 1. The van der Waals surface area contributed by atoms with Crippen LogP contribution in [0.25, 0.3) is 10.6 Å². The summed E-state index contributed by atoms with van der Waals surface area (Å²) < 4.78 is 18.0. The largest absolute Gasteiger partial charge is 0.495 e. The van der Waals surface area contributed by atoms with Crippen LogP contribution in [-0.2, 0) is 27.1 Å². The Hall–Kier alpha value is -1.90. The first-order valence-corrected chi connectivity index (χ1v) is 11.5. The summed E-state index contributed by atoms with van der Waals surface area (Å²) in [5.41, 5.74) is 2.90. The number of aromatic nitrogens is 1. The van der Waals surface area contributed by atoms with Crippen molar-refractivity contribution in [2.45, 2.75) is 85.3 Å². The van der Waals surface area contributed by atoms with Crippen molar-refractivity contribution in [3.8, 4) is 10.6 Å². The van der Waals surface area contributed by atoms with Gasteiger partial charge < -0.3 is 14.0 Å². The Bertz CT molecular complexity index is 986. The Balaban J connectivity index is 1.55. The van der Waals surface area contributed by atoms with Gasteiger partial charge in [-0.3, -0.25) is 4.90 Å². The molecule has 0 atom stereocenters. The molecule has 4 rings (SSSR count). The maximum Gasteiger partial charge on any atom is 0.495 e. The number of rotatable bonds is 2. The number of hydrogen-bond donors (Lipinski definition) is 0. The van der Waals surface area contributed by atoms with Crippen LogP contribution < -0.4 is 5.46 Å². The van der Waals surface area contributed by atoms with Crippen molar-refractivity contribution in [1.29, 1.82) is 0 Å². The molecule has 0 unspecified atom stereocenters. The summed E-state index contributed by atoms with van der Waals surface area (Å²) >= 11 is 1.64. The minimum absolute atomic E-state index is 0.293. The Morgan fingerprint density at radius 1 is 1.16 bits per heavy atom. The van der Waals surface area contributed by atoms with Gasteiger partial charge in [0.05, 0.1) is 30.0 Å². The number of amides is 1. The van der Waals surface area contributed by atoms with Gasteiger partial charge in [0.15, 0.2) is 0 Å². The molecule has 1 aromatic heterocycles. The first kappa shape index (κ1) is 22.3. The van der Waals surface area contributed by atoms with Crippen LogP contribution in [0.2, 0.25) is 0 Å². The predicted molar refractivity (Wildman–Crippen MR) is 123 cm³/mol. The van der Waals surface area contributed by atoms with Gasteiger partial charge in [-0.1, -0.05) is 18.2 Å². The average molecular weight is 442 g/mol. The molecule has 3 heterocycles. The third-order valence-corrected chi connectivity index (χ3v) is 7.33. The second-order valence-corrected chi connectivity index (χ2v) is 11.4. The van der Waals surface area contributed by atoms with Crippen LogP contribution in [0, 0.1) is 6.92 Å². The van der Waals surface area contributed by atoms with Crippen LogP contribution in [0.15, 0.2) is 18.2 Å². The maximum absolute atomic E-state index is 12.4. The maximum atomic E-state index is 12.4. The summed E-state index contributed by atoms with van der Waals surface area (Å²) in [6.07, 6.45) is -0.293. The van der Waals surface area contributed by atoms with Crippen LogP contribution in [0.5, 0.6) is 0 Å². The van der Waals surface area contributed by atoms with Crippen LogP contribution >= 0.6 is 11.3 Å². The molecule has 2 aliphatic heterocycles. The highest BCUT2D eigenvalue weighted by molar-refractivity contribution is 7.15. The van der Waals surface area contributed by atoms with E-state index in [1.54, 1.807) is 16.2 Å². The molecular formula is C23H31BN2O4S. The quantitative estimate of drug-likeness (QED) is 0.633. The van der Waals surface area contributed by atoms with Crippen molar-refractivity contribution in [1.82, 2.24) is 9.88 Å². The van der Waals surface area contributed by atoms with Gasteiger partial charge >= 0.3 is 13.2 Å². The lowest BCUT2D eigenvalue weighted by atomic mass is 9.75. The van der Waals surface area contributed by atoms with Gasteiger partial charge in [0.2, 0.25) is 0 Å². The van der Waals surface area contributed by atoms with Crippen LogP contribution in [0.1, 0.15) is 64.6 Å². The number of nitrogens with zero attached hydrogens (tertiary/aromatic N) is 2. The lowest BCUT2D eigenvalue weighted by molar-refractivity contribution is 0.00578. The van der Waals surface area contributed by atoms with Crippen LogP contribution in [-0.4, -0.2) is 39.9 Å². The summed E-state index contributed by atoms with van der Waals surface area (Å²) in [6, 6.07) is 6.18. The number of carbonyl (C=O) groups excluding carboxylic acids is 1. The Morgan fingerprint density at radius 2 is 1.81 bits per heavy atom. The topological polar surface area (TPSA) is 60.9 Å². The molecule has 0 saturated carbocycles. The van der Waals surface area contributed by atoms with Gasteiger partial charge in [-0.25, -0.2) is 9.78 Å². The van der Waals surface area contributed by atoms with Gasteiger partial charge in [0.1, 0.15) is 10.6 Å². The number of ether oxygens (including phenoxy) is 1. The normalized spacial score (nSPS) is 19.6. The summed E-state index contributed by atoms with van der Waals surface area (Å²) in [6.45, 7) is 17.0. The highest BCUT2D eigenvalue weighted by atomic mass is 32.1. The summed E-state index contributed by atoms with van der Waals surface area (Å²) in [4.78, 5) is 20.1. The summed E-state index contributed by atoms with van der Waals surface area (Å²) in [5.74, 6) is 0. The molecule has 0 bridgehead atoms. The molecule has 1 saturated heterocycles. The zero-order valence-corrected chi connectivity index (χ0v) is 20.5. The minimum atomic E-state index is -0.503. The van der Waals surface area contributed by atoms with Crippen molar-refractivity contribution in [2.24, 2.45) is 0 Å². The van der Waals surface area contributed by atoms with Crippen LogP contribution in [0.4, 0.5) is 4.79 Å². The van der Waals surface area contributed by atoms with E-state index in [1.165, 1.54) is 0 Å². The van der Waals surface area contributed by atoms with Crippen molar-refractivity contribution >= 4 is 30.0 Å². The zero-order chi connectivity index (χ0) is 22.8. The van der Waals surface area contributed by atoms with Crippen LogP contribution in [0.3, 0.4) is 0 Å². The van der Waals surface area contributed by atoms with E-state index in [-0.39, 0.29) is 17.3 Å². The molecule has 8 heteroatoms. The van der Waals surface area contributed by atoms with E-state index >= 15 is 0 Å². The molecule has 166 valence electrons. The number of hydrogen-bond acceptors (Lipinski definition) is 6. The number of fused-ring (bicyclic) bond motifs is 1. The molecule has 1 aromatic carbocycles. The third kappa shape index (κ3) is 4.13. The van der Waals surface area contributed by atoms with E-state index in [0.29, 0.717) is 13.1 Å². The highest BCUT2D eigenvalue weighted by Gasteiger charge is 2.52. The van der Waals surface area contributed by atoms with Crippen molar-refractivity contribution in [3.05, 3.63) is 34.3 Å². The van der Waals surface area contributed by atoms with E-state index in [0.717, 1.165) is 32.2 Å². The van der Waals surface area contributed by atoms with Gasteiger partial charge in [-0.15, -0.1) is 11.3 Å². The standard InChI is InChI=1S/C23H31BN2O4S/c1-14-15(10-9-11-16(14)24-29-22(5,6)23(7,8)30-24)19-25-17-12-26(13-18(17)31-19)20(27)28-21(2,3)4/h9-11H,12-13H2,1-8H3. The minimum Gasteiger partial charge on any atom is -0.444 e. The third-order valence-electron chi connectivity index (χ3n) is 6.22. The Kier molecular flexibility index (Phi) is 5.27. The van der Waals surface area contributed by atoms with E-state index in [1.807, 2.05) is 26.8 Å². The van der Waals surface area contributed by atoms with Gasteiger partial charge in [-0.05, 0) is 66.4 Å². The van der Waals surface area contributed by atoms with Gasteiger partial charge in [0, 0.05) is 10.4 Å². The molecule has 2 aromatic rings. The second-order valence-electron chi connectivity index (χ2n) is 10.3. The van der Waals surface area contributed by atoms with Crippen molar-refractivity contribution in [3.63, 3.8) is 0 Å². The average Bonchev–Trinajstić information content (AvgIpc) is 3.23. The molecule has 0 spiro atoms. The smallest absolute Gasteiger partial charge is 0.444 e. The Labute approximate surface area is 189 Å². The van der Waals surface area contributed by atoms with Gasteiger partial charge in [-0.2, -0.15) is 0 Å². The fourth-order valence-corrected chi connectivity index (χ4v) is 4.89. The molecule has 6 nitrogen and oxygen atoms in total. The van der Waals surface area contributed by atoms with E-state index < -0.39 is 12.7 Å². The molecule has 0 N–H and O–H groups in total. The SMILES string of the molecule is Cc1c(B2OC(C)(C)C(C)(C)O2)cccc1-c1nc2c(s1)CN(C(=O)OC(C)(C)C)C2. The van der Waals surface area contributed by atoms with E-state index in [2.05, 4.69) is 46.8 Å². The summed E-state index contributed by atoms with van der Waals surface area (Å²) in [5, 5.41) is 0.963. The molecule has 0 aliphatic carbocycles. The molecule has 1 amide bonds. The first-order valence-electron chi connectivity index (χ1n) is 10.7. The highest BCUT2D eigenvalue weighted by Crippen LogP contribution is 2.38. The molecule has 0 radical (unpaired) electrons. The molecule has 2 aliphatic rings.